The minimum Gasteiger partial charge on any atom is -0.409 e. The van der Waals surface area contributed by atoms with Gasteiger partial charge >= 0.3 is 0 Å². The lowest BCUT2D eigenvalue weighted by atomic mass is 10.2. The van der Waals surface area contributed by atoms with Crippen LogP contribution in [-0.2, 0) is 4.79 Å². The second kappa shape index (κ2) is 6.32. The predicted molar refractivity (Wildman–Crippen MR) is 61.3 cm³/mol. The molecule has 1 saturated heterocycles. The average molecular weight is 228 g/mol. The van der Waals surface area contributed by atoms with Crippen molar-refractivity contribution in [2.24, 2.45) is 10.9 Å². The molecule has 6 nitrogen and oxygen atoms in total. The lowest BCUT2D eigenvalue weighted by Crippen LogP contribution is -2.40. The van der Waals surface area contributed by atoms with Crippen molar-refractivity contribution in [3.63, 3.8) is 0 Å². The van der Waals surface area contributed by atoms with Gasteiger partial charge in [-0.05, 0) is 19.8 Å². The molecule has 1 unspecified atom stereocenters. The highest BCUT2D eigenvalue weighted by molar-refractivity contribution is 5.80. The van der Waals surface area contributed by atoms with E-state index in [4.69, 9.17) is 10.9 Å². The number of nitrogens with one attached hydrogen (secondary N) is 1. The van der Waals surface area contributed by atoms with E-state index in [0.717, 1.165) is 25.9 Å². The van der Waals surface area contributed by atoms with Crippen LogP contribution in [0.2, 0.25) is 0 Å². The summed E-state index contributed by atoms with van der Waals surface area (Å²) in [7, 11) is 0. The largest absolute Gasteiger partial charge is 0.409 e. The summed E-state index contributed by atoms with van der Waals surface area (Å²) in [5.74, 6) is 0.303. The maximum atomic E-state index is 11.7. The third kappa shape index (κ3) is 4.06. The summed E-state index contributed by atoms with van der Waals surface area (Å²) in [4.78, 5) is 13.5. The molecule has 1 heterocycles. The lowest BCUT2D eigenvalue weighted by molar-refractivity contribution is -0.129. The molecule has 1 fully saturated rings. The molecule has 92 valence electrons. The van der Waals surface area contributed by atoms with Crippen LogP contribution < -0.4 is 11.1 Å². The first-order valence-corrected chi connectivity index (χ1v) is 5.61. The quantitative estimate of drug-likeness (QED) is 0.261. The van der Waals surface area contributed by atoms with E-state index < -0.39 is 0 Å². The number of hydrogen-bond acceptors (Lipinski definition) is 4. The number of carbonyl (C=O) groups is 1. The molecule has 0 radical (unpaired) electrons. The van der Waals surface area contributed by atoms with Gasteiger partial charge in [0.15, 0.2) is 0 Å². The molecule has 1 aliphatic rings. The van der Waals surface area contributed by atoms with Gasteiger partial charge in [-0.2, -0.15) is 0 Å². The standard InChI is InChI=1S/C10H20N4O2/c1-8(6-9(11)13-16)12-7-10(15)14-4-2-3-5-14/h8,12,16H,2-7H2,1H3,(H2,11,13). The Bertz CT molecular complexity index is 262. The number of nitrogens with two attached hydrogens (primary N) is 1. The van der Waals surface area contributed by atoms with Gasteiger partial charge in [-0.1, -0.05) is 5.16 Å². The Labute approximate surface area is 95.5 Å². The highest BCUT2D eigenvalue weighted by atomic mass is 16.4. The van der Waals surface area contributed by atoms with Gasteiger partial charge in [0.05, 0.1) is 6.54 Å². The molecule has 0 saturated carbocycles. The molecule has 1 amide bonds. The van der Waals surface area contributed by atoms with Crippen LogP contribution in [0, 0.1) is 0 Å². The monoisotopic (exact) mass is 228 g/mol. The SMILES string of the molecule is CC(CC(N)=NO)NCC(=O)N1CCCC1. The second-order valence-corrected chi connectivity index (χ2v) is 4.17. The number of hydrogen-bond donors (Lipinski definition) is 3. The average Bonchev–Trinajstić information content (AvgIpc) is 2.79. The zero-order valence-corrected chi connectivity index (χ0v) is 9.65. The molecule has 1 aliphatic heterocycles. The van der Waals surface area contributed by atoms with Crippen molar-refractivity contribution in [1.82, 2.24) is 10.2 Å². The molecule has 1 rings (SSSR count). The number of likely N-dealkylation sites (tertiary alicyclic amines) is 1. The zero-order valence-electron chi connectivity index (χ0n) is 9.65. The van der Waals surface area contributed by atoms with Crippen molar-refractivity contribution in [2.45, 2.75) is 32.2 Å². The molecular weight excluding hydrogens is 208 g/mol. The lowest BCUT2D eigenvalue weighted by Gasteiger charge is -2.18. The normalized spacial score (nSPS) is 18.8. The van der Waals surface area contributed by atoms with Crippen LogP contribution in [0.5, 0.6) is 0 Å². The molecule has 0 aromatic heterocycles. The Balaban J connectivity index is 2.20. The fourth-order valence-corrected chi connectivity index (χ4v) is 1.77. The fourth-order valence-electron chi connectivity index (χ4n) is 1.77. The molecule has 4 N–H and O–H groups in total. The first-order chi connectivity index (χ1) is 7.63. The van der Waals surface area contributed by atoms with Gasteiger partial charge in [0.2, 0.25) is 5.91 Å². The van der Waals surface area contributed by atoms with Crippen LogP contribution in [0.15, 0.2) is 5.16 Å². The molecule has 0 bridgehead atoms. The van der Waals surface area contributed by atoms with E-state index in [1.54, 1.807) is 0 Å². The molecule has 6 heteroatoms. The molecular formula is C10H20N4O2. The summed E-state index contributed by atoms with van der Waals surface area (Å²) >= 11 is 0. The molecule has 0 aliphatic carbocycles. The van der Waals surface area contributed by atoms with Gasteiger partial charge in [-0.25, -0.2) is 0 Å². The van der Waals surface area contributed by atoms with Gasteiger partial charge < -0.3 is 21.2 Å². The van der Waals surface area contributed by atoms with Crippen LogP contribution in [0.4, 0.5) is 0 Å². The van der Waals surface area contributed by atoms with Gasteiger partial charge in [0, 0.05) is 25.6 Å². The van der Waals surface area contributed by atoms with Crippen molar-refractivity contribution >= 4 is 11.7 Å². The third-order valence-corrected chi connectivity index (χ3v) is 2.70. The van der Waals surface area contributed by atoms with Crippen molar-refractivity contribution in [2.75, 3.05) is 19.6 Å². The second-order valence-electron chi connectivity index (χ2n) is 4.17. The first-order valence-electron chi connectivity index (χ1n) is 5.61. The first kappa shape index (κ1) is 12.8. The Morgan fingerprint density at radius 2 is 2.19 bits per heavy atom. The topological polar surface area (TPSA) is 91.0 Å². The van der Waals surface area contributed by atoms with Crippen molar-refractivity contribution in [3.8, 4) is 0 Å². The van der Waals surface area contributed by atoms with E-state index in [-0.39, 0.29) is 17.8 Å². The van der Waals surface area contributed by atoms with E-state index in [2.05, 4.69) is 10.5 Å². The summed E-state index contributed by atoms with van der Waals surface area (Å²) in [5.41, 5.74) is 5.37. The number of nitrogens with zero attached hydrogens (tertiary/aromatic N) is 2. The number of oxime groups is 1. The van der Waals surface area contributed by atoms with Crippen LogP contribution in [0.3, 0.4) is 0 Å². The smallest absolute Gasteiger partial charge is 0.236 e. The maximum Gasteiger partial charge on any atom is 0.236 e. The Kier molecular flexibility index (Phi) is 5.04. The van der Waals surface area contributed by atoms with E-state index in [1.807, 2.05) is 11.8 Å². The van der Waals surface area contributed by atoms with E-state index in [9.17, 15) is 4.79 Å². The summed E-state index contributed by atoms with van der Waals surface area (Å²) in [5, 5.41) is 14.3. The van der Waals surface area contributed by atoms with Gasteiger partial charge in [-0.15, -0.1) is 0 Å². The third-order valence-electron chi connectivity index (χ3n) is 2.70. The number of amidine groups is 1. The minimum atomic E-state index is 0.0300. The molecule has 0 spiro atoms. The summed E-state index contributed by atoms with van der Waals surface area (Å²) in [6, 6.07) is 0.0300. The van der Waals surface area contributed by atoms with Crippen molar-refractivity contribution < 1.29 is 10.0 Å². The maximum absolute atomic E-state index is 11.7. The predicted octanol–water partition coefficient (Wildman–Crippen LogP) is -0.277. The molecule has 0 aromatic rings. The van der Waals surface area contributed by atoms with Gasteiger partial charge in [0.25, 0.3) is 0 Å². The number of amides is 1. The van der Waals surface area contributed by atoms with E-state index in [0.29, 0.717) is 13.0 Å². The Morgan fingerprint density at radius 3 is 2.75 bits per heavy atom. The van der Waals surface area contributed by atoms with Crippen molar-refractivity contribution in [3.05, 3.63) is 0 Å². The minimum absolute atomic E-state index is 0.0300. The molecule has 16 heavy (non-hydrogen) atoms. The van der Waals surface area contributed by atoms with Crippen LogP contribution in [-0.4, -0.2) is 47.5 Å². The molecule has 1 atom stereocenters. The van der Waals surface area contributed by atoms with Gasteiger partial charge in [-0.3, -0.25) is 4.79 Å². The number of carbonyl (C=O) groups excluding carboxylic acids is 1. The highest BCUT2D eigenvalue weighted by Gasteiger charge is 2.17. The fraction of sp³-hybridized carbons (Fsp3) is 0.800. The summed E-state index contributed by atoms with van der Waals surface area (Å²) in [6.07, 6.45) is 2.64. The zero-order chi connectivity index (χ0) is 12.0. The highest BCUT2D eigenvalue weighted by Crippen LogP contribution is 2.06. The number of rotatable bonds is 5. The van der Waals surface area contributed by atoms with E-state index in [1.165, 1.54) is 0 Å². The van der Waals surface area contributed by atoms with Crippen LogP contribution >= 0.6 is 0 Å². The summed E-state index contributed by atoms with van der Waals surface area (Å²) in [6.45, 7) is 3.96. The van der Waals surface area contributed by atoms with Crippen molar-refractivity contribution in [1.29, 1.82) is 0 Å². The van der Waals surface area contributed by atoms with Crippen LogP contribution in [0.25, 0.3) is 0 Å². The Morgan fingerprint density at radius 1 is 1.56 bits per heavy atom. The Hall–Kier alpha value is -1.30. The van der Waals surface area contributed by atoms with Gasteiger partial charge in [0.1, 0.15) is 5.84 Å². The van der Waals surface area contributed by atoms with Crippen LogP contribution in [0.1, 0.15) is 26.2 Å². The van der Waals surface area contributed by atoms with E-state index >= 15 is 0 Å². The summed E-state index contributed by atoms with van der Waals surface area (Å²) < 4.78 is 0. The molecule has 0 aromatic carbocycles.